The molecule has 2 heterocycles. The van der Waals surface area contributed by atoms with Crippen LogP contribution in [0.15, 0.2) is 48.5 Å². The van der Waals surface area contributed by atoms with Crippen molar-refractivity contribution in [2.75, 3.05) is 33.9 Å². The van der Waals surface area contributed by atoms with E-state index in [-0.39, 0.29) is 30.7 Å². The number of carbonyl (C=O) groups is 1. The first-order chi connectivity index (χ1) is 13.7. The number of hydrogen-bond donors (Lipinski definition) is 2. The first-order valence-corrected chi connectivity index (χ1v) is 9.30. The van der Waals surface area contributed by atoms with Gasteiger partial charge in [-0.1, -0.05) is 18.2 Å². The van der Waals surface area contributed by atoms with Crippen molar-refractivity contribution in [3.05, 3.63) is 54.1 Å². The van der Waals surface area contributed by atoms with Gasteiger partial charge in [-0.3, -0.25) is 4.79 Å². The number of fused-ring (bicyclic) bond motifs is 1. The van der Waals surface area contributed by atoms with Gasteiger partial charge in [-0.05, 0) is 30.3 Å². The molecule has 0 aliphatic carbocycles. The van der Waals surface area contributed by atoms with Crippen LogP contribution in [-0.4, -0.2) is 44.7 Å². The molecule has 30 heavy (non-hydrogen) atoms. The lowest BCUT2D eigenvalue weighted by atomic mass is 10.0. The fourth-order valence-electron chi connectivity index (χ4n) is 3.33. The molecule has 160 valence electrons. The van der Waals surface area contributed by atoms with Crippen LogP contribution in [0.1, 0.15) is 10.4 Å². The predicted octanol–water partition coefficient (Wildman–Crippen LogP) is 3.71. The second-order valence-corrected chi connectivity index (χ2v) is 6.88. The van der Waals surface area contributed by atoms with Crippen molar-refractivity contribution in [1.82, 2.24) is 15.6 Å². The van der Waals surface area contributed by atoms with Crippen LogP contribution in [0.25, 0.3) is 22.2 Å². The summed E-state index contributed by atoms with van der Waals surface area (Å²) < 4.78 is 10.7. The van der Waals surface area contributed by atoms with E-state index < -0.39 is 0 Å². The minimum Gasteiger partial charge on any atom is -0.493 e. The number of halogens is 2. The number of nitrogens with one attached hydrogen (secondary N) is 2. The zero-order valence-electron chi connectivity index (χ0n) is 16.8. The van der Waals surface area contributed by atoms with Crippen molar-refractivity contribution in [1.29, 1.82) is 0 Å². The summed E-state index contributed by atoms with van der Waals surface area (Å²) in [6.07, 6.45) is 0. The maximum absolute atomic E-state index is 12.9. The summed E-state index contributed by atoms with van der Waals surface area (Å²) in [6.45, 7) is 2.58. The molecule has 0 bridgehead atoms. The predicted molar refractivity (Wildman–Crippen MR) is 123 cm³/mol. The first-order valence-electron chi connectivity index (χ1n) is 9.30. The summed E-state index contributed by atoms with van der Waals surface area (Å²) >= 11 is 0. The highest BCUT2D eigenvalue weighted by Crippen LogP contribution is 2.33. The molecule has 1 aliphatic rings. The normalized spacial score (nSPS) is 12.9. The minimum absolute atomic E-state index is 0. The van der Waals surface area contributed by atoms with Crippen molar-refractivity contribution in [3.8, 4) is 22.8 Å². The number of rotatable bonds is 6. The van der Waals surface area contributed by atoms with Crippen molar-refractivity contribution in [2.45, 2.75) is 0 Å². The van der Waals surface area contributed by atoms with Gasteiger partial charge in [-0.15, -0.1) is 24.8 Å². The molecule has 1 fully saturated rings. The van der Waals surface area contributed by atoms with Crippen LogP contribution in [-0.2, 0) is 0 Å². The lowest BCUT2D eigenvalue weighted by Crippen LogP contribution is -2.48. The average molecular weight is 450 g/mol. The molecule has 3 aromatic rings. The number of amides is 1. The Labute approximate surface area is 188 Å². The SMILES string of the molecule is COc1ccc(-c2cc(C(=O)NCC3CNC3)c3ccccc3n2)cc1OC.Cl.Cl. The van der Waals surface area contributed by atoms with Gasteiger partial charge in [0.25, 0.3) is 5.91 Å². The fourth-order valence-corrected chi connectivity index (χ4v) is 3.33. The van der Waals surface area contributed by atoms with E-state index >= 15 is 0 Å². The number of pyridine rings is 1. The number of aromatic nitrogens is 1. The standard InChI is InChI=1S/C22H23N3O3.2ClH/c1-27-20-8-7-15(9-21(20)28-2)19-10-17(16-5-3-4-6-18(16)25-19)22(26)24-13-14-11-23-12-14;;/h3-10,14,23H,11-13H2,1-2H3,(H,24,26);2*1H. The highest BCUT2D eigenvalue weighted by atomic mass is 35.5. The fraction of sp³-hybridized carbons (Fsp3) is 0.273. The molecule has 6 nitrogen and oxygen atoms in total. The van der Waals surface area contributed by atoms with Gasteiger partial charge in [0.05, 0.1) is 31.0 Å². The lowest BCUT2D eigenvalue weighted by Gasteiger charge is -2.27. The Morgan fingerprint density at radius 2 is 1.80 bits per heavy atom. The van der Waals surface area contributed by atoms with Crippen molar-refractivity contribution >= 4 is 41.6 Å². The third kappa shape index (κ3) is 4.78. The Bertz CT molecular complexity index is 1030. The zero-order chi connectivity index (χ0) is 19.5. The van der Waals surface area contributed by atoms with Crippen molar-refractivity contribution < 1.29 is 14.3 Å². The smallest absolute Gasteiger partial charge is 0.252 e. The molecule has 1 aliphatic heterocycles. The summed E-state index contributed by atoms with van der Waals surface area (Å²) in [5.74, 6) is 1.70. The number of nitrogens with zero attached hydrogens (tertiary/aromatic N) is 1. The first kappa shape index (κ1) is 23.7. The van der Waals surface area contributed by atoms with E-state index in [4.69, 9.17) is 14.5 Å². The maximum atomic E-state index is 12.9. The van der Waals surface area contributed by atoms with E-state index in [1.165, 1.54) is 0 Å². The van der Waals surface area contributed by atoms with Crippen LogP contribution in [0.4, 0.5) is 0 Å². The monoisotopic (exact) mass is 449 g/mol. The number of carbonyl (C=O) groups excluding carboxylic acids is 1. The molecular formula is C22H25Cl2N3O3. The minimum atomic E-state index is -0.0766. The average Bonchev–Trinajstić information content (AvgIpc) is 2.71. The van der Waals surface area contributed by atoms with Gasteiger partial charge >= 0.3 is 0 Å². The highest BCUT2D eigenvalue weighted by Gasteiger charge is 2.19. The topological polar surface area (TPSA) is 72.5 Å². The molecular weight excluding hydrogens is 425 g/mol. The van der Waals surface area contributed by atoms with Crippen LogP contribution in [0.3, 0.4) is 0 Å². The van der Waals surface area contributed by atoms with E-state index in [9.17, 15) is 4.79 Å². The maximum Gasteiger partial charge on any atom is 0.252 e. The molecule has 1 saturated heterocycles. The summed E-state index contributed by atoms with van der Waals surface area (Å²) in [5.41, 5.74) is 2.99. The zero-order valence-corrected chi connectivity index (χ0v) is 18.4. The van der Waals surface area contributed by atoms with E-state index in [1.54, 1.807) is 14.2 Å². The van der Waals surface area contributed by atoms with Crippen LogP contribution in [0.5, 0.6) is 11.5 Å². The van der Waals surface area contributed by atoms with Crippen LogP contribution < -0.4 is 20.1 Å². The van der Waals surface area contributed by atoms with E-state index in [2.05, 4.69) is 10.6 Å². The summed E-state index contributed by atoms with van der Waals surface area (Å²) in [6, 6.07) is 15.2. The number of ether oxygens (including phenoxy) is 2. The molecule has 2 N–H and O–H groups in total. The van der Waals surface area contributed by atoms with Gasteiger partial charge in [0, 0.05) is 36.5 Å². The van der Waals surface area contributed by atoms with Gasteiger partial charge in [-0.2, -0.15) is 0 Å². The summed E-state index contributed by atoms with van der Waals surface area (Å²) in [7, 11) is 3.20. The van der Waals surface area contributed by atoms with Gasteiger partial charge in [0.1, 0.15) is 0 Å². The van der Waals surface area contributed by atoms with E-state index in [1.807, 2.05) is 48.5 Å². The molecule has 0 radical (unpaired) electrons. The number of hydrogen-bond acceptors (Lipinski definition) is 5. The lowest BCUT2D eigenvalue weighted by molar-refractivity contribution is 0.0944. The number of benzene rings is 2. The summed E-state index contributed by atoms with van der Waals surface area (Å²) in [4.78, 5) is 17.7. The number of para-hydroxylation sites is 1. The molecule has 0 saturated carbocycles. The van der Waals surface area contributed by atoms with Gasteiger partial charge in [0.15, 0.2) is 11.5 Å². The van der Waals surface area contributed by atoms with Crippen molar-refractivity contribution in [3.63, 3.8) is 0 Å². The van der Waals surface area contributed by atoms with Crippen LogP contribution in [0, 0.1) is 5.92 Å². The molecule has 0 unspecified atom stereocenters. The number of methoxy groups -OCH3 is 2. The quantitative estimate of drug-likeness (QED) is 0.599. The van der Waals surface area contributed by atoms with Crippen molar-refractivity contribution in [2.24, 2.45) is 5.92 Å². The molecule has 4 rings (SSSR count). The molecule has 8 heteroatoms. The molecule has 1 amide bonds. The van der Waals surface area contributed by atoms with Gasteiger partial charge in [0.2, 0.25) is 0 Å². The third-order valence-electron chi connectivity index (χ3n) is 5.06. The van der Waals surface area contributed by atoms with Crippen LogP contribution >= 0.6 is 24.8 Å². The third-order valence-corrected chi connectivity index (χ3v) is 5.06. The van der Waals surface area contributed by atoms with Gasteiger partial charge in [-0.25, -0.2) is 4.98 Å². The van der Waals surface area contributed by atoms with E-state index in [0.29, 0.717) is 29.5 Å². The Morgan fingerprint density at radius 3 is 2.47 bits per heavy atom. The Kier molecular flexibility index (Phi) is 8.29. The van der Waals surface area contributed by atoms with Gasteiger partial charge < -0.3 is 20.1 Å². The van der Waals surface area contributed by atoms with Crippen LogP contribution in [0.2, 0.25) is 0 Å². The molecule has 1 aromatic heterocycles. The molecule has 0 spiro atoms. The Balaban J connectivity index is 0.00000160. The molecule has 0 atom stereocenters. The summed E-state index contributed by atoms with van der Waals surface area (Å²) in [5, 5.41) is 7.13. The molecule has 2 aromatic carbocycles. The second kappa shape index (κ2) is 10.5. The Morgan fingerprint density at radius 1 is 1.07 bits per heavy atom. The van der Waals surface area contributed by atoms with E-state index in [0.717, 1.165) is 35.2 Å². The largest absolute Gasteiger partial charge is 0.493 e. The second-order valence-electron chi connectivity index (χ2n) is 6.88. The Hall–Kier alpha value is -2.54. The highest BCUT2D eigenvalue weighted by molar-refractivity contribution is 6.07.